The molecule has 0 aromatic carbocycles. The largest absolute Gasteiger partial charge is 0.526 e. The summed E-state index contributed by atoms with van der Waals surface area (Å²) in [6.45, 7) is 8.00. The summed E-state index contributed by atoms with van der Waals surface area (Å²) in [6, 6.07) is 3.08. The number of hydrogen-bond donors (Lipinski definition) is 2. The van der Waals surface area contributed by atoms with Crippen molar-refractivity contribution in [2.75, 3.05) is 0 Å². The van der Waals surface area contributed by atoms with E-state index < -0.39 is 7.12 Å². The lowest BCUT2D eigenvalue weighted by molar-refractivity contribution is 0.409. The van der Waals surface area contributed by atoms with Crippen LogP contribution in [0.4, 0.5) is 0 Å². The molecule has 0 radical (unpaired) electrons. The lowest BCUT2D eigenvalue weighted by Crippen LogP contribution is -2.27. The normalized spacial score (nSPS) is 7.17. The lowest BCUT2D eigenvalue weighted by atomic mass is 9.88. The predicted molar refractivity (Wildman–Crippen MR) is 51.2 cm³/mol. The second-order valence-electron chi connectivity index (χ2n) is 1.39. The minimum atomic E-state index is -1.48. The molecule has 1 heterocycles. The molecule has 0 spiro atoms. The van der Waals surface area contributed by atoms with Crippen LogP contribution in [0.5, 0.6) is 0 Å². The first-order valence-corrected chi connectivity index (χ1v) is 4.20. The van der Waals surface area contributed by atoms with Crippen molar-refractivity contribution in [1.29, 1.82) is 0 Å². The maximum absolute atomic E-state index is 8.37. The van der Waals surface area contributed by atoms with Crippen LogP contribution in [0.25, 0.3) is 0 Å². The van der Waals surface area contributed by atoms with E-state index in [1.807, 2.05) is 27.7 Å². The summed E-state index contributed by atoms with van der Waals surface area (Å²) >= 11 is 0. The average Bonchev–Trinajstić information content (AvgIpc) is 2.64. The molecule has 2 N–H and O–H groups in total. The molecule has 70 valence electrons. The van der Waals surface area contributed by atoms with E-state index in [2.05, 4.69) is 4.42 Å². The minimum absolute atomic E-state index is 0.171. The monoisotopic (exact) mass is 172 g/mol. The van der Waals surface area contributed by atoms with Crippen molar-refractivity contribution in [2.45, 2.75) is 27.7 Å². The molecule has 0 unspecified atom stereocenters. The van der Waals surface area contributed by atoms with E-state index in [1.165, 1.54) is 12.3 Å². The zero-order chi connectivity index (χ0) is 9.98. The molecular weight excluding hydrogens is 155 g/mol. The highest BCUT2D eigenvalue weighted by molar-refractivity contribution is 6.56. The predicted octanol–water partition coefficient (Wildman–Crippen LogP) is 1.01. The van der Waals surface area contributed by atoms with E-state index in [9.17, 15) is 0 Å². The molecule has 3 nitrogen and oxygen atoms in total. The van der Waals surface area contributed by atoms with Crippen molar-refractivity contribution in [1.82, 2.24) is 0 Å². The van der Waals surface area contributed by atoms with Gasteiger partial charge in [-0.3, -0.25) is 0 Å². The first-order valence-electron chi connectivity index (χ1n) is 4.20. The molecule has 0 aliphatic rings. The van der Waals surface area contributed by atoms with E-state index in [4.69, 9.17) is 10.0 Å². The van der Waals surface area contributed by atoms with Crippen LogP contribution in [0.2, 0.25) is 0 Å². The quantitative estimate of drug-likeness (QED) is 0.621. The SMILES string of the molecule is CC.CC.OB(O)c1ccco1. The van der Waals surface area contributed by atoms with E-state index in [0.29, 0.717) is 0 Å². The average molecular weight is 172 g/mol. The van der Waals surface area contributed by atoms with Crippen LogP contribution >= 0.6 is 0 Å². The fraction of sp³-hybridized carbons (Fsp3) is 0.500. The highest BCUT2D eigenvalue weighted by atomic mass is 16.4. The Balaban J connectivity index is 0. The van der Waals surface area contributed by atoms with Gasteiger partial charge in [0.05, 0.1) is 6.26 Å². The molecule has 0 saturated heterocycles. The molecule has 0 aliphatic carbocycles. The van der Waals surface area contributed by atoms with E-state index in [-0.39, 0.29) is 5.66 Å². The third kappa shape index (κ3) is 6.01. The summed E-state index contributed by atoms with van der Waals surface area (Å²) in [4.78, 5) is 0. The van der Waals surface area contributed by atoms with Crippen molar-refractivity contribution < 1.29 is 14.5 Å². The number of hydrogen-bond acceptors (Lipinski definition) is 3. The third-order valence-electron chi connectivity index (χ3n) is 0.798. The molecule has 4 heteroatoms. The molecule has 0 aliphatic heterocycles. The molecule has 0 atom stereocenters. The van der Waals surface area contributed by atoms with Gasteiger partial charge in [-0.05, 0) is 12.1 Å². The van der Waals surface area contributed by atoms with Crippen LogP contribution < -0.4 is 5.66 Å². The van der Waals surface area contributed by atoms with E-state index in [1.54, 1.807) is 6.07 Å². The Kier molecular flexibility index (Phi) is 11.8. The molecule has 0 saturated carbocycles. The summed E-state index contributed by atoms with van der Waals surface area (Å²) in [5.41, 5.74) is 0.171. The molecule has 0 amide bonds. The van der Waals surface area contributed by atoms with Crippen LogP contribution in [-0.4, -0.2) is 17.2 Å². The second-order valence-corrected chi connectivity index (χ2v) is 1.39. The van der Waals surface area contributed by atoms with Gasteiger partial charge in [-0.25, -0.2) is 0 Å². The first kappa shape index (κ1) is 13.8. The van der Waals surface area contributed by atoms with Crippen LogP contribution in [0.1, 0.15) is 27.7 Å². The Morgan fingerprint density at radius 1 is 1.17 bits per heavy atom. The smallest absolute Gasteiger partial charge is 0.473 e. The van der Waals surface area contributed by atoms with Gasteiger partial charge in [0.25, 0.3) is 0 Å². The Morgan fingerprint density at radius 3 is 1.83 bits per heavy atom. The van der Waals surface area contributed by atoms with Gasteiger partial charge in [0.2, 0.25) is 0 Å². The van der Waals surface area contributed by atoms with Gasteiger partial charge in [-0.15, -0.1) is 0 Å². The fourth-order valence-corrected chi connectivity index (χ4v) is 0.438. The van der Waals surface area contributed by atoms with Gasteiger partial charge in [0.1, 0.15) is 5.66 Å². The lowest BCUT2D eigenvalue weighted by Gasteiger charge is -1.86. The van der Waals surface area contributed by atoms with Crippen molar-refractivity contribution in [3.05, 3.63) is 18.4 Å². The summed E-state index contributed by atoms with van der Waals surface area (Å²) < 4.78 is 4.59. The third-order valence-corrected chi connectivity index (χ3v) is 0.798. The van der Waals surface area contributed by atoms with Gasteiger partial charge < -0.3 is 14.5 Å². The van der Waals surface area contributed by atoms with Crippen molar-refractivity contribution >= 4 is 12.8 Å². The minimum Gasteiger partial charge on any atom is -0.473 e. The maximum atomic E-state index is 8.37. The Morgan fingerprint density at radius 2 is 1.67 bits per heavy atom. The summed E-state index contributed by atoms with van der Waals surface area (Å²) in [5, 5.41) is 16.7. The Hall–Kier alpha value is -0.735. The molecule has 1 aromatic rings. The van der Waals surface area contributed by atoms with Crippen LogP contribution in [-0.2, 0) is 0 Å². The summed E-state index contributed by atoms with van der Waals surface area (Å²) in [6.07, 6.45) is 1.38. The molecular formula is C8H17BO3. The van der Waals surface area contributed by atoms with Gasteiger partial charge >= 0.3 is 7.12 Å². The first-order chi connectivity index (χ1) is 5.80. The molecule has 12 heavy (non-hydrogen) atoms. The van der Waals surface area contributed by atoms with E-state index in [0.717, 1.165) is 0 Å². The zero-order valence-electron chi connectivity index (χ0n) is 8.11. The van der Waals surface area contributed by atoms with Crippen LogP contribution in [0.15, 0.2) is 22.8 Å². The van der Waals surface area contributed by atoms with Crippen molar-refractivity contribution in [2.24, 2.45) is 0 Å². The van der Waals surface area contributed by atoms with Crippen LogP contribution in [0, 0.1) is 0 Å². The Bertz CT molecular complexity index is 149. The maximum Gasteiger partial charge on any atom is 0.526 e. The Labute approximate surface area is 74.2 Å². The summed E-state index contributed by atoms with van der Waals surface area (Å²) in [7, 11) is -1.48. The van der Waals surface area contributed by atoms with Gasteiger partial charge in [0, 0.05) is 0 Å². The molecule has 1 rings (SSSR count). The molecule has 0 fully saturated rings. The standard InChI is InChI=1S/C4H5BO3.2C2H6/c6-5(7)4-2-1-3-8-4;2*1-2/h1-3,6-7H;2*1-2H3. The summed E-state index contributed by atoms with van der Waals surface area (Å²) in [5.74, 6) is 0. The molecule has 1 aromatic heterocycles. The molecule has 0 bridgehead atoms. The topological polar surface area (TPSA) is 53.6 Å². The second kappa shape index (κ2) is 10.3. The zero-order valence-corrected chi connectivity index (χ0v) is 8.11. The van der Waals surface area contributed by atoms with Gasteiger partial charge in [0.15, 0.2) is 0 Å². The fourth-order valence-electron chi connectivity index (χ4n) is 0.438. The highest BCUT2D eigenvalue weighted by Gasteiger charge is 2.12. The van der Waals surface area contributed by atoms with Gasteiger partial charge in [-0.1, -0.05) is 27.7 Å². The van der Waals surface area contributed by atoms with Crippen molar-refractivity contribution in [3.63, 3.8) is 0 Å². The number of rotatable bonds is 1. The number of furan rings is 1. The van der Waals surface area contributed by atoms with Crippen LogP contribution in [0.3, 0.4) is 0 Å². The van der Waals surface area contributed by atoms with Gasteiger partial charge in [-0.2, -0.15) is 0 Å². The highest BCUT2D eigenvalue weighted by Crippen LogP contribution is 1.82. The van der Waals surface area contributed by atoms with E-state index >= 15 is 0 Å². The van der Waals surface area contributed by atoms with Crippen molar-refractivity contribution in [3.8, 4) is 0 Å².